The first kappa shape index (κ1) is 28.6. The van der Waals surface area contributed by atoms with E-state index in [2.05, 4.69) is 32.6 Å². The molecule has 2 unspecified atom stereocenters. The summed E-state index contributed by atoms with van der Waals surface area (Å²) >= 11 is 0. The van der Waals surface area contributed by atoms with Crippen LogP contribution in [0.15, 0.2) is 35.5 Å². The monoisotopic (exact) mass is 508 g/mol. The van der Waals surface area contributed by atoms with Crippen molar-refractivity contribution in [1.82, 2.24) is 0 Å². The molecular weight excluding hydrogens is 460 g/mol. The van der Waals surface area contributed by atoms with Crippen molar-refractivity contribution in [3.05, 3.63) is 35.5 Å². The number of allylic oxidation sites excluding steroid dienone is 3. The van der Waals surface area contributed by atoms with Crippen molar-refractivity contribution < 1.29 is 23.4 Å². The van der Waals surface area contributed by atoms with E-state index >= 15 is 0 Å². The third kappa shape index (κ3) is 6.49. The van der Waals surface area contributed by atoms with E-state index in [1.807, 2.05) is 0 Å². The van der Waals surface area contributed by atoms with Gasteiger partial charge in [0, 0.05) is 13.0 Å². The molecule has 3 saturated carbocycles. The molecule has 0 aliphatic heterocycles. The minimum absolute atomic E-state index is 0.158. The Morgan fingerprint density at radius 1 is 1.20 bits per heavy atom. The Hall–Kier alpha value is -0.950. The Kier molecular flexibility index (Phi) is 9.16. The van der Waals surface area contributed by atoms with E-state index in [4.69, 9.17) is 4.74 Å². The zero-order chi connectivity index (χ0) is 26.0. The second kappa shape index (κ2) is 11.2. The van der Waals surface area contributed by atoms with Gasteiger partial charge < -0.3 is 14.9 Å². The number of aliphatic hydroxyl groups is 2. The van der Waals surface area contributed by atoms with Gasteiger partial charge in [0.2, 0.25) is 0 Å². The van der Waals surface area contributed by atoms with E-state index < -0.39 is 26.8 Å². The summed E-state index contributed by atoms with van der Waals surface area (Å²) in [4.78, 5) is 0. The number of fused-ring (bicyclic) bond motifs is 1. The fourth-order valence-corrected chi connectivity index (χ4v) is 7.80. The SMILES string of the molecule is C=C1/C(=C\C=C2/CCC[C@]3(C)[C@@H]([C@@H](C)OCCCCS(=O)(=O)C(C)(C)C)CC[C@@H]23)CC(O)CC1O. The first-order valence-corrected chi connectivity index (χ1v) is 15.2. The van der Waals surface area contributed by atoms with Gasteiger partial charge in [-0.25, -0.2) is 8.42 Å². The van der Waals surface area contributed by atoms with E-state index in [0.717, 1.165) is 30.4 Å². The van der Waals surface area contributed by atoms with Crippen LogP contribution in [0.2, 0.25) is 0 Å². The largest absolute Gasteiger partial charge is 0.393 e. The van der Waals surface area contributed by atoms with E-state index in [1.54, 1.807) is 20.8 Å². The van der Waals surface area contributed by atoms with Crippen molar-refractivity contribution >= 4 is 9.84 Å². The molecule has 0 radical (unpaired) electrons. The summed E-state index contributed by atoms with van der Waals surface area (Å²) in [6.07, 6.45) is 11.5. The molecule has 0 amide bonds. The normalized spacial score (nSPS) is 35.5. The van der Waals surface area contributed by atoms with Crippen LogP contribution in [0.5, 0.6) is 0 Å². The van der Waals surface area contributed by atoms with Crippen molar-refractivity contribution in [2.75, 3.05) is 12.4 Å². The third-order valence-corrected chi connectivity index (χ3v) is 11.7. The quantitative estimate of drug-likeness (QED) is 0.422. The molecule has 0 heterocycles. The number of hydrogen-bond donors (Lipinski definition) is 2. The highest BCUT2D eigenvalue weighted by molar-refractivity contribution is 7.92. The average molecular weight is 509 g/mol. The van der Waals surface area contributed by atoms with Gasteiger partial charge in [-0.3, -0.25) is 0 Å². The smallest absolute Gasteiger partial charge is 0.155 e. The molecule has 0 aromatic rings. The lowest BCUT2D eigenvalue weighted by Crippen LogP contribution is -2.38. The van der Waals surface area contributed by atoms with Gasteiger partial charge in [-0.15, -0.1) is 0 Å². The van der Waals surface area contributed by atoms with Crippen molar-refractivity contribution in [2.45, 2.75) is 115 Å². The first-order valence-electron chi connectivity index (χ1n) is 13.5. The molecule has 6 heteroatoms. The molecule has 0 aromatic carbocycles. The number of sulfone groups is 1. The van der Waals surface area contributed by atoms with Gasteiger partial charge in [-0.1, -0.05) is 31.2 Å². The van der Waals surface area contributed by atoms with E-state index in [9.17, 15) is 18.6 Å². The summed E-state index contributed by atoms with van der Waals surface area (Å²) in [6.45, 7) is 14.6. The standard InChI is InChI=1S/C29H48O5S/c1-20-23(18-24(30)19-27(20)31)12-11-22-10-9-15-29(6)25(13-14-26(22)29)21(2)34-16-7-8-17-35(32,33)28(3,4)5/h11-12,21,24-27,30-31H,1,7-10,13-19H2,2-6H3/b22-11+,23-12-/t21-,24?,25-,26+,27?,29-/m1/s1. The predicted molar refractivity (Wildman–Crippen MR) is 143 cm³/mol. The fraction of sp³-hybridized carbons (Fsp3) is 0.793. The van der Waals surface area contributed by atoms with Gasteiger partial charge >= 0.3 is 0 Å². The van der Waals surface area contributed by atoms with E-state index in [-0.39, 0.29) is 17.3 Å². The van der Waals surface area contributed by atoms with Crippen LogP contribution < -0.4 is 0 Å². The van der Waals surface area contributed by atoms with Gasteiger partial charge in [-0.2, -0.15) is 0 Å². The summed E-state index contributed by atoms with van der Waals surface area (Å²) in [5.74, 6) is 1.25. The highest BCUT2D eigenvalue weighted by Crippen LogP contribution is 2.58. The number of ether oxygens (including phenoxy) is 1. The lowest BCUT2D eigenvalue weighted by Gasteiger charge is -2.44. The maximum atomic E-state index is 12.3. The van der Waals surface area contributed by atoms with Crippen LogP contribution >= 0.6 is 0 Å². The molecule has 2 N–H and O–H groups in total. The zero-order valence-electron chi connectivity index (χ0n) is 22.6. The molecule has 5 nitrogen and oxygen atoms in total. The number of unbranched alkanes of at least 4 members (excludes halogenated alkanes) is 1. The summed E-state index contributed by atoms with van der Waals surface area (Å²) in [6, 6.07) is 0. The zero-order valence-corrected chi connectivity index (χ0v) is 23.4. The maximum Gasteiger partial charge on any atom is 0.155 e. The summed E-state index contributed by atoms with van der Waals surface area (Å²) in [5.41, 5.74) is 3.40. The Morgan fingerprint density at radius 2 is 1.91 bits per heavy atom. The molecule has 0 bridgehead atoms. The van der Waals surface area contributed by atoms with Crippen LogP contribution in [0.4, 0.5) is 0 Å². The van der Waals surface area contributed by atoms with Gasteiger partial charge in [0.15, 0.2) is 9.84 Å². The number of rotatable bonds is 8. The highest BCUT2D eigenvalue weighted by Gasteiger charge is 2.51. The van der Waals surface area contributed by atoms with Gasteiger partial charge in [0.25, 0.3) is 0 Å². The molecule has 0 saturated heterocycles. The third-order valence-electron chi connectivity index (χ3n) is 8.99. The second-order valence-corrected chi connectivity index (χ2v) is 15.2. The predicted octanol–water partition coefficient (Wildman–Crippen LogP) is 5.53. The van der Waals surface area contributed by atoms with Gasteiger partial charge in [0.05, 0.1) is 28.8 Å². The number of hydrogen-bond acceptors (Lipinski definition) is 5. The lowest BCUT2D eigenvalue weighted by molar-refractivity contribution is -0.0257. The topological polar surface area (TPSA) is 83.8 Å². The Balaban J connectivity index is 1.58. The van der Waals surface area contributed by atoms with Crippen molar-refractivity contribution in [3.63, 3.8) is 0 Å². The lowest BCUT2D eigenvalue weighted by atomic mass is 9.62. The van der Waals surface area contributed by atoms with Crippen LogP contribution in [0.3, 0.4) is 0 Å². The highest BCUT2D eigenvalue weighted by atomic mass is 32.2. The molecule has 35 heavy (non-hydrogen) atoms. The Bertz CT molecular complexity index is 925. The minimum atomic E-state index is -3.07. The Morgan fingerprint density at radius 3 is 2.60 bits per heavy atom. The molecule has 0 spiro atoms. The maximum absolute atomic E-state index is 12.3. The van der Waals surface area contributed by atoms with Crippen molar-refractivity contribution in [1.29, 1.82) is 0 Å². The van der Waals surface area contributed by atoms with Crippen LogP contribution in [-0.2, 0) is 14.6 Å². The van der Waals surface area contributed by atoms with Crippen molar-refractivity contribution in [2.24, 2.45) is 17.3 Å². The molecule has 6 atom stereocenters. The van der Waals surface area contributed by atoms with Gasteiger partial charge in [-0.05, 0) is 107 Å². The van der Waals surface area contributed by atoms with Gasteiger partial charge in [0.1, 0.15) is 0 Å². The molecule has 3 aliphatic rings. The number of aliphatic hydroxyl groups excluding tert-OH is 2. The van der Waals surface area contributed by atoms with Crippen LogP contribution in [-0.4, -0.2) is 54.0 Å². The van der Waals surface area contributed by atoms with Crippen LogP contribution in [0.1, 0.15) is 92.4 Å². The van der Waals surface area contributed by atoms with E-state index in [1.165, 1.54) is 24.8 Å². The van der Waals surface area contributed by atoms with Crippen LogP contribution in [0, 0.1) is 17.3 Å². The summed E-state index contributed by atoms with van der Waals surface area (Å²) < 4.78 is 30.2. The average Bonchev–Trinajstić information content (AvgIpc) is 3.11. The first-order chi connectivity index (χ1) is 16.3. The molecule has 200 valence electrons. The fourth-order valence-electron chi connectivity index (χ4n) is 6.60. The molecular formula is C29H48O5S. The summed E-state index contributed by atoms with van der Waals surface area (Å²) in [5, 5.41) is 20.2. The van der Waals surface area contributed by atoms with Crippen LogP contribution in [0.25, 0.3) is 0 Å². The minimum Gasteiger partial charge on any atom is -0.393 e. The van der Waals surface area contributed by atoms with E-state index in [0.29, 0.717) is 37.7 Å². The second-order valence-electron chi connectivity index (χ2n) is 12.4. The molecule has 3 aliphatic carbocycles. The van der Waals surface area contributed by atoms with Crippen molar-refractivity contribution in [3.8, 4) is 0 Å². The summed E-state index contributed by atoms with van der Waals surface area (Å²) in [7, 11) is -3.07. The molecule has 3 rings (SSSR count). The molecule has 3 fully saturated rings. The molecule has 0 aromatic heterocycles. The Labute approximate surface area is 213 Å².